The molecule has 1 rings (SSSR count). The van der Waals surface area contributed by atoms with Crippen molar-refractivity contribution in [2.24, 2.45) is 0 Å². The van der Waals surface area contributed by atoms with Gasteiger partial charge in [-0.25, -0.2) is 0 Å². The Morgan fingerprint density at radius 2 is 1.94 bits per heavy atom. The quantitative estimate of drug-likeness (QED) is 0.657. The first-order valence-corrected chi connectivity index (χ1v) is 5.26. The summed E-state index contributed by atoms with van der Waals surface area (Å²) in [6.45, 7) is 5.53. The highest BCUT2D eigenvalue weighted by atomic mass is 35.5. The van der Waals surface area contributed by atoms with Gasteiger partial charge in [0.05, 0.1) is 6.10 Å². The Morgan fingerprint density at radius 1 is 1.25 bits per heavy atom. The molecule has 0 bridgehead atoms. The lowest BCUT2D eigenvalue weighted by molar-refractivity contribution is -0.00000506. The molecule has 1 aromatic carbocycles. The normalized spacial score (nSPS) is 9.75. The number of hydrogen-bond acceptors (Lipinski definition) is 3. The number of benzene rings is 1. The lowest BCUT2D eigenvalue weighted by Crippen LogP contribution is -3.00. The largest absolute Gasteiger partial charge is 1.00 e. The van der Waals surface area contributed by atoms with Crippen molar-refractivity contribution >= 4 is 0 Å². The minimum atomic E-state index is 0. The van der Waals surface area contributed by atoms with E-state index in [2.05, 4.69) is 5.32 Å². The smallest absolute Gasteiger partial charge is 0.123 e. The molecule has 0 fully saturated rings. The van der Waals surface area contributed by atoms with Crippen LogP contribution in [0.5, 0.6) is 11.5 Å². The van der Waals surface area contributed by atoms with E-state index in [0.29, 0.717) is 6.61 Å². The number of nitrogens with one attached hydrogen (secondary N) is 1. The van der Waals surface area contributed by atoms with Gasteiger partial charge in [0.25, 0.3) is 0 Å². The molecule has 0 atom stereocenters. The third-order valence-corrected chi connectivity index (χ3v) is 1.80. The number of likely N-dealkylation sites (N-methyl/N-ethyl adjacent to an activating group) is 1. The van der Waals surface area contributed by atoms with E-state index in [0.717, 1.165) is 18.0 Å². The molecule has 0 aliphatic carbocycles. The molecule has 0 spiro atoms. The minimum absolute atomic E-state index is 0. The maximum atomic E-state index is 5.57. The Kier molecular flexibility index (Phi) is 7.77. The van der Waals surface area contributed by atoms with Gasteiger partial charge in [-0.2, -0.15) is 0 Å². The molecule has 0 heterocycles. The van der Waals surface area contributed by atoms with Gasteiger partial charge in [-0.15, -0.1) is 0 Å². The molecule has 0 radical (unpaired) electrons. The fourth-order valence-electron chi connectivity index (χ4n) is 1.18. The Morgan fingerprint density at radius 3 is 2.56 bits per heavy atom. The molecule has 0 unspecified atom stereocenters. The van der Waals surface area contributed by atoms with E-state index in [1.165, 1.54) is 0 Å². The summed E-state index contributed by atoms with van der Waals surface area (Å²) in [6.07, 6.45) is 0.192. The average Bonchev–Trinajstić information content (AvgIpc) is 2.18. The van der Waals surface area contributed by atoms with Crippen LogP contribution in [0.15, 0.2) is 24.3 Å². The molecule has 3 nitrogen and oxygen atoms in total. The number of rotatable bonds is 6. The van der Waals surface area contributed by atoms with Crippen molar-refractivity contribution in [1.82, 2.24) is 5.32 Å². The third-order valence-electron chi connectivity index (χ3n) is 1.80. The highest BCUT2D eigenvalue weighted by Crippen LogP contribution is 2.20. The van der Waals surface area contributed by atoms with Gasteiger partial charge in [0.1, 0.15) is 18.1 Å². The van der Waals surface area contributed by atoms with E-state index in [1.54, 1.807) is 0 Å². The van der Waals surface area contributed by atoms with Gasteiger partial charge < -0.3 is 27.2 Å². The van der Waals surface area contributed by atoms with Gasteiger partial charge >= 0.3 is 0 Å². The van der Waals surface area contributed by atoms with E-state index in [4.69, 9.17) is 9.47 Å². The van der Waals surface area contributed by atoms with Crippen molar-refractivity contribution < 1.29 is 21.9 Å². The first-order chi connectivity index (χ1) is 7.22. The zero-order valence-corrected chi connectivity index (χ0v) is 10.8. The monoisotopic (exact) mass is 244 g/mol. The van der Waals surface area contributed by atoms with E-state index >= 15 is 0 Å². The van der Waals surface area contributed by atoms with Crippen LogP contribution in [0.4, 0.5) is 0 Å². The van der Waals surface area contributed by atoms with Gasteiger partial charge in [-0.3, -0.25) is 0 Å². The van der Waals surface area contributed by atoms with Gasteiger partial charge in [0, 0.05) is 12.6 Å². The molecule has 0 aliphatic rings. The molecule has 1 N–H and O–H groups in total. The molecule has 0 aromatic heterocycles. The van der Waals surface area contributed by atoms with Gasteiger partial charge in [-0.05, 0) is 33.0 Å². The Balaban J connectivity index is 0.00000225. The highest BCUT2D eigenvalue weighted by molar-refractivity contribution is 5.33. The molecule has 0 saturated carbocycles. The van der Waals surface area contributed by atoms with Crippen molar-refractivity contribution in [2.45, 2.75) is 20.0 Å². The summed E-state index contributed by atoms with van der Waals surface area (Å²) >= 11 is 0. The number of halogens is 1. The van der Waals surface area contributed by atoms with Gasteiger partial charge in [0.2, 0.25) is 0 Å². The molecule has 4 heteroatoms. The SMILES string of the molecule is CNCCOc1cccc(OC(C)C)c1.[Cl-]. The number of ether oxygens (including phenoxy) is 2. The highest BCUT2D eigenvalue weighted by Gasteiger charge is 1.99. The Hall–Kier alpha value is -0.930. The summed E-state index contributed by atoms with van der Waals surface area (Å²) in [5.41, 5.74) is 0. The summed E-state index contributed by atoms with van der Waals surface area (Å²) in [4.78, 5) is 0. The fraction of sp³-hybridized carbons (Fsp3) is 0.500. The van der Waals surface area contributed by atoms with E-state index in [1.807, 2.05) is 45.2 Å². The van der Waals surface area contributed by atoms with Crippen LogP contribution in [0.25, 0.3) is 0 Å². The van der Waals surface area contributed by atoms with Crippen LogP contribution in [-0.4, -0.2) is 26.3 Å². The summed E-state index contributed by atoms with van der Waals surface area (Å²) in [7, 11) is 1.90. The van der Waals surface area contributed by atoms with Crippen molar-refractivity contribution in [3.63, 3.8) is 0 Å². The predicted octanol–water partition coefficient (Wildman–Crippen LogP) is -0.924. The summed E-state index contributed by atoms with van der Waals surface area (Å²) in [5.74, 6) is 1.70. The van der Waals surface area contributed by atoms with Crippen LogP contribution >= 0.6 is 0 Å². The second kappa shape index (κ2) is 8.25. The van der Waals surface area contributed by atoms with Crippen molar-refractivity contribution in [2.75, 3.05) is 20.2 Å². The lowest BCUT2D eigenvalue weighted by Gasteiger charge is -2.11. The van der Waals surface area contributed by atoms with Crippen molar-refractivity contribution in [3.05, 3.63) is 24.3 Å². The summed E-state index contributed by atoms with van der Waals surface area (Å²) < 4.78 is 11.1. The topological polar surface area (TPSA) is 30.5 Å². The lowest BCUT2D eigenvalue weighted by atomic mass is 10.3. The zero-order valence-electron chi connectivity index (χ0n) is 10.00. The third kappa shape index (κ3) is 5.83. The molecular weight excluding hydrogens is 226 g/mol. The molecule has 0 amide bonds. The Bertz CT molecular complexity index is 292. The minimum Gasteiger partial charge on any atom is -1.00 e. The van der Waals surface area contributed by atoms with Crippen LogP contribution in [0.1, 0.15) is 13.8 Å². The average molecular weight is 245 g/mol. The van der Waals surface area contributed by atoms with E-state index in [-0.39, 0.29) is 18.5 Å². The Labute approximate surface area is 104 Å². The molecule has 0 saturated heterocycles. The maximum absolute atomic E-state index is 5.57. The molecule has 92 valence electrons. The van der Waals surface area contributed by atoms with Crippen LogP contribution in [0.3, 0.4) is 0 Å². The second-order valence-corrected chi connectivity index (χ2v) is 3.59. The summed E-state index contributed by atoms with van der Waals surface area (Å²) in [6, 6.07) is 7.72. The van der Waals surface area contributed by atoms with Crippen LogP contribution < -0.4 is 27.2 Å². The molecule has 1 aromatic rings. The predicted molar refractivity (Wildman–Crippen MR) is 61.6 cm³/mol. The van der Waals surface area contributed by atoms with Crippen molar-refractivity contribution in [3.8, 4) is 11.5 Å². The van der Waals surface area contributed by atoms with Crippen LogP contribution in [-0.2, 0) is 0 Å². The second-order valence-electron chi connectivity index (χ2n) is 3.59. The maximum Gasteiger partial charge on any atom is 0.123 e. The first-order valence-electron chi connectivity index (χ1n) is 5.26. The van der Waals surface area contributed by atoms with E-state index in [9.17, 15) is 0 Å². The standard InChI is InChI=1S/C12H19NO2.ClH/c1-10(2)15-12-6-4-5-11(9-12)14-8-7-13-3;/h4-6,9-10,13H,7-8H2,1-3H3;1H/p-1. The van der Waals surface area contributed by atoms with Crippen LogP contribution in [0, 0.1) is 0 Å². The van der Waals surface area contributed by atoms with E-state index < -0.39 is 0 Å². The first kappa shape index (κ1) is 15.1. The number of hydrogen-bond donors (Lipinski definition) is 1. The van der Waals surface area contributed by atoms with Crippen molar-refractivity contribution in [1.29, 1.82) is 0 Å². The zero-order chi connectivity index (χ0) is 11.1. The molecule has 0 aliphatic heterocycles. The summed E-state index contributed by atoms with van der Waals surface area (Å²) in [5, 5.41) is 3.03. The fourth-order valence-corrected chi connectivity index (χ4v) is 1.18. The molecule has 16 heavy (non-hydrogen) atoms. The van der Waals surface area contributed by atoms with Gasteiger partial charge in [0.15, 0.2) is 0 Å². The molecular formula is C12H19ClNO2-. The van der Waals surface area contributed by atoms with Gasteiger partial charge in [-0.1, -0.05) is 6.07 Å². The van der Waals surface area contributed by atoms with Crippen LogP contribution in [0.2, 0.25) is 0 Å².